The van der Waals surface area contributed by atoms with Gasteiger partial charge in [-0.05, 0) is 26.2 Å². The maximum Gasteiger partial charge on any atom is 0.356 e. The first-order valence-electron chi connectivity index (χ1n) is 5.72. The number of carbonyl (C=O) groups excluding carboxylic acids is 2. The Kier molecular flexibility index (Phi) is 7.18. The number of carbonyl (C=O) groups is 2. The Hall–Kier alpha value is -1.39. The molecule has 5 heteroatoms. The number of hydrogen-bond donors (Lipinski definition) is 0. The van der Waals surface area contributed by atoms with Crippen LogP contribution in [0, 0.1) is 11.8 Å². The minimum absolute atomic E-state index is 0.0514. The average Bonchev–Trinajstić information content (AvgIpc) is 2.22. The second-order valence-corrected chi connectivity index (χ2v) is 4.17. The van der Waals surface area contributed by atoms with Crippen molar-refractivity contribution in [2.75, 3.05) is 13.7 Å². The number of esters is 1. The molecule has 0 radical (unpaired) electrons. The molecule has 98 valence electrons. The highest BCUT2D eigenvalue weighted by Crippen LogP contribution is 2.16. The van der Waals surface area contributed by atoms with Crippen molar-refractivity contribution in [2.45, 2.75) is 34.1 Å². The van der Waals surface area contributed by atoms with Crippen LogP contribution in [-0.2, 0) is 19.2 Å². The van der Waals surface area contributed by atoms with E-state index in [0.717, 1.165) is 0 Å². The summed E-state index contributed by atoms with van der Waals surface area (Å²) < 4.78 is 4.87. The smallest absolute Gasteiger partial charge is 0.356 e. The molecular weight excluding hydrogens is 222 g/mol. The van der Waals surface area contributed by atoms with Crippen LogP contribution in [0.2, 0.25) is 0 Å². The van der Waals surface area contributed by atoms with E-state index in [1.54, 1.807) is 6.92 Å². The first-order valence-corrected chi connectivity index (χ1v) is 5.72. The standard InChI is InChI=1S/C12H21NO4/c1-6-17-12(15)11(13-16-5)10(9(4)14)7-8(2)3/h8,10H,6-7H2,1-5H3. The van der Waals surface area contributed by atoms with Crippen LogP contribution >= 0.6 is 0 Å². The molecule has 0 amide bonds. The van der Waals surface area contributed by atoms with Crippen LogP contribution in [0.5, 0.6) is 0 Å². The summed E-state index contributed by atoms with van der Waals surface area (Å²) >= 11 is 0. The summed E-state index contributed by atoms with van der Waals surface area (Å²) in [7, 11) is 1.34. The van der Waals surface area contributed by atoms with Crippen molar-refractivity contribution in [3.63, 3.8) is 0 Å². The highest BCUT2D eigenvalue weighted by Gasteiger charge is 2.29. The fraction of sp³-hybridized carbons (Fsp3) is 0.750. The predicted octanol–water partition coefficient (Wildman–Crippen LogP) is 1.80. The van der Waals surface area contributed by atoms with Gasteiger partial charge < -0.3 is 9.57 Å². The minimum Gasteiger partial charge on any atom is -0.461 e. The van der Waals surface area contributed by atoms with Gasteiger partial charge in [0, 0.05) is 0 Å². The van der Waals surface area contributed by atoms with E-state index in [-0.39, 0.29) is 24.0 Å². The summed E-state index contributed by atoms with van der Waals surface area (Å²) in [5, 5.41) is 3.64. The van der Waals surface area contributed by atoms with Gasteiger partial charge in [0.25, 0.3) is 0 Å². The van der Waals surface area contributed by atoms with Crippen LogP contribution in [0.25, 0.3) is 0 Å². The molecule has 0 aliphatic rings. The van der Waals surface area contributed by atoms with Gasteiger partial charge in [0.15, 0.2) is 5.71 Å². The van der Waals surface area contributed by atoms with Gasteiger partial charge in [0.1, 0.15) is 12.9 Å². The monoisotopic (exact) mass is 243 g/mol. The molecule has 0 N–H and O–H groups in total. The van der Waals surface area contributed by atoms with Crippen molar-refractivity contribution in [3.8, 4) is 0 Å². The van der Waals surface area contributed by atoms with Crippen molar-refractivity contribution in [1.29, 1.82) is 0 Å². The fourth-order valence-electron chi connectivity index (χ4n) is 1.49. The highest BCUT2D eigenvalue weighted by atomic mass is 16.6. The lowest BCUT2D eigenvalue weighted by atomic mass is 9.89. The van der Waals surface area contributed by atoms with Gasteiger partial charge >= 0.3 is 5.97 Å². The number of rotatable bonds is 7. The van der Waals surface area contributed by atoms with Gasteiger partial charge in [-0.2, -0.15) is 0 Å². The Morgan fingerprint density at radius 2 is 1.88 bits per heavy atom. The lowest BCUT2D eigenvalue weighted by Crippen LogP contribution is -2.32. The summed E-state index contributed by atoms with van der Waals surface area (Å²) in [6.45, 7) is 7.34. The summed E-state index contributed by atoms with van der Waals surface area (Å²) in [5.41, 5.74) is 0.0514. The number of ether oxygens (including phenoxy) is 1. The van der Waals surface area contributed by atoms with E-state index in [1.807, 2.05) is 13.8 Å². The van der Waals surface area contributed by atoms with Crippen LogP contribution in [0.4, 0.5) is 0 Å². The third-order valence-electron chi connectivity index (χ3n) is 2.20. The molecule has 1 unspecified atom stereocenters. The molecule has 0 heterocycles. The van der Waals surface area contributed by atoms with Gasteiger partial charge in [-0.25, -0.2) is 4.79 Å². The zero-order chi connectivity index (χ0) is 13.4. The van der Waals surface area contributed by atoms with Gasteiger partial charge in [-0.1, -0.05) is 19.0 Å². The first-order chi connectivity index (χ1) is 7.93. The maximum atomic E-state index is 11.7. The van der Waals surface area contributed by atoms with Crippen LogP contribution in [0.1, 0.15) is 34.1 Å². The van der Waals surface area contributed by atoms with Gasteiger partial charge in [-0.15, -0.1) is 0 Å². The van der Waals surface area contributed by atoms with Crippen molar-refractivity contribution >= 4 is 17.5 Å². The number of nitrogens with zero attached hydrogens (tertiary/aromatic N) is 1. The van der Waals surface area contributed by atoms with Crippen molar-refractivity contribution in [1.82, 2.24) is 0 Å². The second kappa shape index (κ2) is 7.81. The van der Waals surface area contributed by atoms with E-state index in [9.17, 15) is 9.59 Å². The Bertz CT molecular complexity index is 297. The Morgan fingerprint density at radius 1 is 1.29 bits per heavy atom. The third kappa shape index (κ3) is 5.47. The summed E-state index contributed by atoms with van der Waals surface area (Å²) in [6, 6.07) is 0. The van der Waals surface area contributed by atoms with Gasteiger partial charge in [0.05, 0.1) is 12.5 Å². The molecule has 0 rings (SSSR count). The quantitative estimate of drug-likeness (QED) is 0.388. The summed E-state index contributed by atoms with van der Waals surface area (Å²) in [5.74, 6) is -0.980. The Labute approximate surface area is 102 Å². The number of hydrogen-bond acceptors (Lipinski definition) is 5. The van der Waals surface area contributed by atoms with E-state index < -0.39 is 11.9 Å². The lowest BCUT2D eigenvalue weighted by molar-refractivity contribution is -0.136. The van der Waals surface area contributed by atoms with Gasteiger partial charge in [0.2, 0.25) is 0 Å². The van der Waals surface area contributed by atoms with E-state index in [2.05, 4.69) is 9.99 Å². The van der Waals surface area contributed by atoms with E-state index in [0.29, 0.717) is 6.42 Å². The highest BCUT2D eigenvalue weighted by molar-refractivity contribution is 6.40. The van der Waals surface area contributed by atoms with E-state index >= 15 is 0 Å². The summed E-state index contributed by atoms with van der Waals surface area (Å²) in [4.78, 5) is 27.9. The van der Waals surface area contributed by atoms with E-state index in [1.165, 1.54) is 14.0 Å². The maximum absolute atomic E-state index is 11.7. The number of oxime groups is 1. The Balaban J connectivity index is 5.03. The van der Waals surface area contributed by atoms with Crippen LogP contribution in [-0.4, -0.2) is 31.2 Å². The van der Waals surface area contributed by atoms with Crippen LogP contribution < -0.4 is 0 Å². The molecule has 1 atom stereocenters. The van der Waals surface area contributed by atoms with Gasteiger partial charge in [-0.3, -0.25) is 4.79 Å². The van der Waals surface area contributed by atoms with E-state index in [4.69, 9.17) is 4.74 Å². The zero-order valence-electron chi connectivity index (χ0n) is 11.1. The number of Topliss-reactive ketones (excluding diaryl/α,β-unsaturated/α-hetero) is 1. The molecule has 0 spiro atoms. The lowest BCUT2D eigenvalue weighted by Gasteiger charge is -2.16. The topological polar surface area (TPSA) is 65.0 Å². The SMILES string of the molecule is CCOC(=O)C(=NOC)C(CC(C)C)C(C)=O. The second-order valence-electron chi connectivity index (χ2n) is 4.17. The molecule has 0 aliphatic carbocycles. The van der Waals surface area contributed by atoms with Crippen LogP contribution in [0.15, 0.2) is 5.16 Å². The molecule has 0 saturated carbocycles. The predicted molar refractivity (Wildman–Crippen MR) is 64.7 cm³/mol. The normalized spacial score (nSPS) is 13.4. The molecule has 0 aromatic heterocycles. The summed E-state index contributed by atoms with van der Waals surface area (Å²) in [6.07, 6.45) is 0.552. The third-order valence-corrected chi connectivity index (χ3v) is 2.20. The molecule has 0 aliphatic heterocycles. The number of ketones is 1. The largest absolute Gasteiger partial charge is 0.461 e. The van der Waals surface area contributed by atoms with Crippen molar-refractivity contribution in [2.24, 2.45) is 17.0 Å². The first kappa shape index (κ1) is 15.6. The molecular formula is C12H21NO4. The molecule has 0 bridgehead atoms. The van der Waals surface area contributed by atoms with Crippen molar-refractivity contribution < 1.29 is 19.2 Å². The molecule has 0 fully saturated rings. The average molecular weight is 243 g/mol. The molecule has 17 heavy (non-hydrogen) atoms. The fourth-order valence-corrected chi connectivity index (χ4v) is 1.49. The minimum atomic E-state index is -0.588. The Morgan fingerprint density at radius 3 is 2.24 bits per heavy atom. The molecule has 0 aromatic rings. The molecule has 0 aromatic carbocycles. The van der Waals surface area contributed by atoms with Crippen molar-refractivity contribution in [3.05, 3.63) is 0 Å². The molecule has 5 nitrogen and oxygen atoms in total. The van der Waals surface area contributed by atoms with Crippen LogP contribution in [0.3, 0.4) is 0 Å². The zero-order valence-corrected chi connectivity index (χ0v) is 11.1. The molecule has 0 saturated heterocycles.